The van der Waals surface area contributed by atoms with Crippen LogP contribution in [0.5, 0.6) is 0 Å². The van der Waals surface area contributed by atoms with Crippen molar-refractivity contribution in [2.45, 2.75) is 42.3 Å². The smallest absolute Gasteiger partial charge is 0.232 e. The summed E-state index contributed by atoms with van der Waals surface area (Å²) in [6.45, 7) is 3.42. The van der Waals surface area contributed by atoms with Crippen molar-refractivity contribution >= 4 is 40.9 Å². The molecule has 29 heavy (non-hydrogen) atoms. The Morgan fingerprint density at radius 1 is 1.17 bits per heavy atom. The van der Waals surface area contributed by atoms with Gasteiger partial charge in [0, 0.05) is 51.8 Å². The van der Waals surface area contributed by atoms with E-state index in [0.717, 1.165) is 36.9 Å². The SMILES string of the molecule is COCCCNC(=S)Nc1nc(Sc2ncccn2)cc(N2CCCCCC2)n1. The third kappa shape index (κ3) is 7.37. The van der Waals surface area contributed by atoms with Crippen LogP contribution in [-0.2, 0) is 4.74 Å². The molecule has 2 aromatic rings. The molecule has 3 rings (SSSR count). The molecule has 1 fully saturated rings. The van der Waals surface area contributed by atoms with Crippen LogP contribution >= 0.6 is 24.0 Å². The lowest BCUT2D eigenvalue weighted by molar-refractivity contribution is 0.196. The molecule has 2 aromatic heterocycles. The average molecular weight is 434 g/mol. The minimum absolute atomic E-state index is 0.481. The van der Waals surface area contributed by atoms with Gasteiger partial charge in [0.15, 0.2) is 10.3 Å². The number of hydrogen-bond donors (Lipinski definition) is 2. The molecule has 0 atom stereocenters. The normalized spacial score (nSPS) is 14.3. The molecule has 156 valence electrons. The van der Waals surface area contributed by atoms with Gasteiger partial charge in [-0.1, -0.05) is 12.8 Å². The Morgan fingerprint density at radius 2 is 1.93 bits per heavy atom. The predicted octanol–water partition coefficient (Wildman–Crippen LogP) is 3.12. The molecule has 0 unspecified atom stereocenters. The van der Waals surface area contributed by atoms with Crippen LogP contribution in [0.4, 0.5) is 11.8 Å². The molecule has 8 nitrogen and oxygen atoms in total. The molecule has 0 spiro atoms. The summed E-state index contributed by atoms with van der Waals surface area (Å²) in [6, 6.07) is 3.81. The van der Waals surface area contributed by atoms with Gasteiger partial charge >= 0.3 is 0 Å². The monoisotopic (exact) mass is 433 g/mol. The van der Waals surface area contributed by atoms with E-state index in [1.807, 2.05) is 6.07 Å². The summed E-state index contributed by atoms with van der Waals surface area (Å²) in [4.78, 5) is 20.2. The summed E-state index contributed by atoms with van der Waals surface area (Å²) in [5.74, 6) is 1.39. The third-order valence-corrected chi connectivity index (χ3v) is 5.45. The number of nitrogens with one attached hydrogen (secondary N) is 2. The molecule has 0 radical (unpaired) electrons. The lowest BCUT2D eigenvalue weighted by atomic mass is 10.2. The van der Waals surface area contributed by atoms with Crippen molar-refractivity contribution in [2.24, 2.45) is 0 Å². The molecule has 0 saturated carbocycles. The Balaban J connectivity index is 1.75. The molecular formula is C19H27N7OS2. The molecule has 1 saturated heterocycles. The molecular weight excluding hydrogens is 406 g/mol. The fraction of sp³-hybridized carbons (Fsp3) is 0.526. The summed E-state index contributed by atoms with van der Waals surface area (Å²) in [5, 5.41) is 8.22. The Morgan fingerprint density at radius 3 is 2.66 bits per heavy atom. The highest BCUT2D eigenvalue weighted by Gasteiger charge is 2.15. The Hall–Kier alpha value is -2.04. The first-order chi connectivity index (χ1) is 14.2. The number of thiocarbonyl (C=S) groups is 1. The minimum atomic E-state index is 0.481. The van der Waals surface area contributed by atoms with Crippen molar-refractivity contribution in [3.05, 3.63) is 24.5 Å². The maximum atomic E-state index is 5.39. The molecule has 2 N–H and O–H groups in total. The van der Waals surface area contributed by atoms with Gasteiger partial charge in [-0.15, -0.1) is 0 Å². The fourth-order valence-corrected chi connectivity index (χ4v) is 3.88. The first kappa shape index (κ1) is 21.7. The van der Waals surface area contributed by atoms with Crippen molar-refractivity contribution < 1.29 is 4.74 Å². The molecule has 0 aromatic carbocycles. The maximum absolute atomic E-state index is 5.39. The quantitative estimate of drug-likeness (QED) is 0.280. The summed E-state index contributed by atoms with van der Waals surface area (Å²) >= 11 is 6.81. The predicted molar refractivity (Wildman–Crippen MR) is 120 cm³/mol. The molecule has 1 aliphatic heterocycles. The van der Waals surface area contributed by atoms with E-state index in [2.05, 4.69) is 30.5 Å². The number of ether oxygens (including phenoxy) is 1. The zero-order valence-corrected chi connectivity index (χ0v) is 18.3. The highest BCUT2D eigenvalue weighted by Crippen LogP contribution is 2.27. The highest BCUT2D eigenvalue weighted by molar-refractivity contribution is 7.99. The largest absolute Gasteiger partial charge is 0.385 e. The lowest BCUT2D eigenvalue weighted by Gasteiger charge is -2.22. The van der Waals surface area contributed by atoms with Crippen LogP contribution < -0.4 is 15.5 Å². The zero-order valence-electron chi connectivity index (χ0n) is 16.6. The topological polar surface area (TPSA) is 88.1 Å². The summed E-state index contributed by atoms with van der Waals surface area (Å²) in [5.41, 5.74) is 0. The van der Waals surface area contributed by atoms with Gasteiger partial charge < -0.3 is 20.3 Å². The second kappa shape index (κ2) is 11.8. The van der Waals surface area contributed by atoms with Crippen LogP contribution in [0.2, 0.25) is 0 Å². The van der Waals surface area contributed by atoms with Gasteiger partial charge in [0.05, 0.1) is 0 Å². The lowest BCUT2D eigenvalue weighted by Crippen LogP contribution is -2.31. The third-order valence-electron chi connectivity index (χ3n) is 4.39. The van der Waals surface area contributed by atoms with E-state index in [1.54, 1.807) is 25.6 Å². The number of nitrogens with zero attached hydrogens (tertiary/aromatic N) is 5. The van der Waals surface area contributed by atoms with Crippen molar-refractivity contribution in [3.8, 4) is 0 Å². The van der Waals surface area contributed by atoms with Crippen molar-refractivity contribution in [1.82, 2.24) is 25.3 Å². The average Bonchev–Trinajstić information content (AvgIpc) is 3.01. The number of anilines is 2. The number of methoxy groups -OCH3 is 1. The first-order valence-corrected chi connectivity index (χ1v) is 11.1. The molecule has 0 bridgehead atoms. The molecule has 10 heteroatoms. The summed E-state index contributed by atoms with van der Waals surface area (Å²) in [7, 11) is 1.69. The van der Waals surface area contributed by atoms with Crippen LogP contribution in [0.15, 0.2) is 34.7 Å². The van der Waals surface area contributed by atoms with Gasteiger partial charge in [-0.2, -0.15) is 4.98 Å². The molecule has 1 aliphatic rings. The van der Waals surface area contributed by atoms with Crippen LogP contribution in [0.1, 0.15) is 32.1 Å². The Bertz CT molecular complexity index is 770. The Kier molecular flexibility index (Phi) is 8.84. The van der Waals surface area contributed by atoms with Crippen LogP contribution in [0, 0.1) is 0 Å². The van der Waals surface area contributed by atoms with Gasteiger partial charge in [-0.05, 0) is 49.3 Å². The van der Waals surface area contributed by atoms with E-state index < -0.39 is 0 Å². The van der Waals surface area contributed by atoms with E-state index in [9.17, 15) is 0 Å². The summed E-state index contributed by atoms with van der Waals surface area (Å²) < 4.78 is 5.06. The summed E-state index contributed by atoms with van der Waals surface area (Å²) in [6.07, 6.45) is 9.21. The van der Waals surface area contributed by atoms with E-state index in [-0.39, 0.29) is 0 Å². The molecule has 3 heterocycles. The van der Waals surface area contributed by atoms with Gasteiger partial charge in [0.25, 0.3) is 0 Å². The standard InChI is InChI=1S/C19H27N7OS2/c1-27-13-7-10-20-18(28)25-17-23-15(26-11-4-2-3-5-12-26)14-16(24-17)29-19-21-8-6-9-22-19/h6,8-9,14H,2-5,7,10-13H2,1H3,(H2,20,23,24,25,28). The van der Waals surface area contributed by atoms with Crippen LogP contribution in [-0.4, -0.2) is 58.4 Å². The number of rotatable bonds is 8. The van der Waals surface area contributed by atoms with E-state index >= 15 is 0 Å². The van der Waals surface area contributed by atoms with Gasteiger partial charge in [-0.3, -0.25) is 0 Å². The number of aromatic nitrogens is 4. The van der Waals surface area contributed by atoms with Crippen LogP contribution in [0.25, 0.3) is 0 Å². The van der Waals surface area contributed by atoms with Gasteiger partial charge in [0.2, 0.25) is 5.95 Å². The van der Waals surface area contributed by atoms with Crippen molar-refractivity contribution in [1.29, 1.82) is 0 Å². The van der Waals surface area contributed by atoms with Crippen molar-refractivity contribution in [2.75, 3.05) is 43.6 Å². The number of hydrogen-bond acceptors (Lipinski definition) is 8. The highest BCUT2D eigenvalue weighted by atomic mass is 32.2. The van der Waals surface area contributed by atoms with Crippen molar-refractivity contribution in [3.63, 3.8) is 0 Å². The molecule has 0 aliphatic carbocycles. The van der Waals surface area contributed by atoms with E-state index in [0.29, 0.717) is 22.8 Å². The van der Waals surface area contributed by atoms with Gasteiger partial charge in [-0.25, -0.2) is 15.0 Å². The van der Waals surface area contributed by atoms with Crippen LogP contribution in [0.3, 0.4) is 0 Å². The Labute approximate surface area is 181 Å². The molecule has 0 amide bonds. The second-order valence-corrected chi connectivity index (χ2v) is 8.05. The van der Waals surface area contributed by atoms with E-state index in [4.69, 9.17) is 21.9 Å². The zero-order chi connectivity index (χ0) is 20.3. The van der Waals surface area contributed by atoms with Gasteiger partial charge in [0.1, 0.15) is 10.8 Å². The first-order valence-electron chi connectivity index (χ1n) is 9.87. The van der Waals surface area contributed by atoms with E-state index in [1.165, 1.54) is 37.4 Å². The minimum Gasteiger partial charge on any atom is -0.385 e. The fourth-order valence-electron chi connectivity index (χ4n) is 2.98. The maximum Gasteiger partial charge on any atom is 0.232 e. The second-order valence-electron chi connectivity index (χ2n) is 6.65.